The molecule has 24 nitrogen and oxygen atoms in total. The fourth-order valence-electron chi connectivity index (χ4n) is 16.4. The maximum atomic E-state index is 15.4. The van der Waals surface area contributed by atoms with Gasteiger partial charge in [0.1, 0.15) is 66.5 Å². The van der Waals surface area contributed by atoms with Gasteiger partial charge in [0.15, 0.2) is 36.3 Å². The van der Waals surface area contributed by atoms with Crippen LogP contribution < -0.4 is 9.47 Å². The van der Waals surface area contributed by atoms with Crippen LogP contribution in [-0.2, 0) is 42.7 Å². The molecule has 7 fully saturated rings. The lowest BCUT2D eigenvalue weighted by Gasteiger charge is -2.72. The number of aliphatic carboxylic acids is 1. The number of hydrogen-bond donors (Lipinski definition) is 12. The quantitative estimate of drug-likeness (QED) is 0.0665. The van der Waals surface area contributed by atoms with Crippen molar-refractivity contribution in [2.45, 2.75) is 204 Å². The molecular weight excluding hydrogens is 1070 g/mol. The number of carbonyl (C=O) groups excluding carboxylic acids is 2. The predicted molar refractivity (Wildman–Crippen MR) is 276 cm³/mol. The second kappa shape index (κ2) is 22.6. The number of methoxy groups -OCH3 is 2. The minimum atomic E-state index is -2.07. The molecule has 0 aromatic heterocycles. The molecule has 9 rings (SSSR count). The molecule has 0 bridgehead atoms. The standard InChI is InChI=1S/C57H84O24/c1-52(2)17-18-57(51(72)81-49-44(39(65)37(63)31(23-59)76-49)78-47(71)25-9-11-28(73-7)29(19-25)74-8)27(20-52)26-10-12-33-53(3)15-14-35(54(4,24-60)32(53)13-16-55(33,5)56(26,6)21-34(57)61)77-50-45(41(67)40(66)43(79-50)46(69)70)80-48-42(68)38(64)36(62)30(22-58)75-48/h9-11,19,27,30-45,48-50,58-68H,12-18,20-24H2,1-8H3,(H,69,70). The van der Waals surface area contributed by atoms with E-state index in [1.807, 2.05) is 6.92 Å². The summed E-state index contributed by atoms with van der Waals surface area (Å²) < 4.78 is 52.5. The van der Waals surface area contributed by atoms with Crippen molar-refractivity contribution in [3.63, 3.8) is 0 Å². The Morgan fingerprint density at radius 3 is 1.91 bits per heavy atom. The van der Waals surface area contributed by atoms with Gasteiger partial charge in [-0.05, 0) is 115 Å². The number of carboxylic acid groups (broad SMARTS) is 1. The zero-order valence-corrected chi connectivity index (χ0v) is 47.1. The van der Waals surface area contributed by atoms with Crippen LogP contribution in [0.1, 0.15) is 110 Å². The van der Waals surface area contributed by atoms with E-state index in [0.717, 1.165) is 5.57 Å². The fourth-order valence-corrected chi connectivity index (χ4v) is 16.4. The highest BCUT2D eigenvalue weighted by molar-refractivity contribution is 5.90. The van der Waals surface area contributed by atoms with Gasteiger partial charge in [-0.25, -0.2) is 9.59 Å². The van der Waals surface area contributed by atoms with Crippen molar-refractivity contribution in [1.82, 2.24) is 0 Å². The van der Waals surface area contributed by atoms with Gasteiger partial charge in [0.2, 0.25) is 6.29 Å². The van der Waals surface area contributed by atoms with Crippen LogP contribution in [0.25, 0.3) is 0 Å². The molecule has 12 N–H and O–H groups in total. The Kier molecular flexibility index (Phi) is 17.3. The number of allylic oxidation sites excluding steroid dienone is 2. The summed E-state index contributed by atoms with van der Waals surface area (Å²) in [6, 6.07) is 4.23. The topological polar surface area (TPSA) is 377 Å². The summed E-state index contributed by atoms with van der Waals surface area (Å²) in [7, 11) is 2.80. The van der Waals surface area contributed by atoms with Gasteiger partial charge < -0.3 is 104 Å². The lowest BCUT2D eigenvalue weighted by molar-refractivity contribution is -0.375. The van der Waals surface area contributed by atoms with Crippen molar-refractivity contribution in [3.05, 3.63) is 35.4 Å². The van der Waals surface area contributed by atoms with Gasteiger partial charge in [0, 0.05) is 5.41 Å². The largest absolute Gasteiger partial charge is 0.493 e. The maximum Gasteiger partial charge on any atom is 0.338 e. The number of carbonyl (C=O) groups is 3. The lowest BCUT2D eigenvalue weighted by atomic mass is 9.33. The van der Waals surface area contributed by atoms with E-state index in [0.29, 0.717) is 44.3 Å². The Morgan fingerprint density at radius 1 is 0.642 bits per heavy atom. The fraction of sp³-hybridized carbons (Fsp3) is 0.807. The van der Waals surface area contributed by atoms with Gasteiger partial charge in [0.05, 0.1) is 51.8 Å². The second-order valence-corrected chi connectivity index (χ2v) is 25.9. The van der Waals surface area contributed by atoms with Crippen LogP contribution in [0.4, 0.5) is 0 Å². The van der Waals surface area contributed by atoms with Crippen molar-refractivity contribution in [1.29, 1.82) is 0 Å². The number of benzene rings is 1. The van der Waals surface area contributed by atoms with E-state index in [4.69, 9.17) is 42.6 Å². The first-order valence-corrected chi connectivity index (χ1v) is 28.2. The Bertz CT molecular complexity index is 2510. The average molecular weight is 1150 g/mol. The summed E-state index contributed by atoms with van der Waals surface area (Å²) in [5.74, 6) is -3.84. The Morgan fingerprint density at radius 2 is 1.28 bits per heavy atom. The van der Waals surface area contributed by atoms with Crippen molar-refractivity contribution in [3.8, 4) is 11.5 Å². The third kappa shape index (κ3) is 10.0. The Hall–Kier alpha value is -3.67. The minimum absolute atomic E-state index is 0.0246. The van der Waals surface area contributed by atoms with Gasteiger partial charge >= 0.3 is 17.9 Å². The van der Waals surface area contributed by atoms with E-state index in [1.54, 1.807) is 0 Å². The van der Waals surface area contributed by atoms with Crippen LogP contribution in [0.2, 0.25) is 0 Å². The molecule has 3 aliphatic heterocycles. The van der Waals surface area contributed by atoms with Gasteiger partial charge in [-0.3, -0.25) is 4.79 Å². The first kappa shape index (κ1) is 61.9. The molecule has 25 atom stereocenters. The molecule has 0 amide bonds. The highest BCUT2D eigenvalue weighted by Crippen LogP contribution is 2.76. The molecule has 456 valence electrons. The summed E-state index contributed by atoms with van der Waals surface area (Å²) in [5, 5.41) is 131. The number of aliphatic hydroxyl groups excluding tert-OH is 11. The van der Waals surface area contributed by atoms with Crippen LogP contribution in [0.5, 0.6) is 11.5 Å². The van der Waals surface area contributed by atoms with Crippen molar-refractivity contribution < 1.29 is 118 Å². The molecule has 25 unspecified atom stereocenters. The molecule has 5 aliphatic carbocycles. The Balaban J connectivity index is 0.996. The molecule has 0 spiro atoms. The summed E-state index contributed by atoms with van der Waals surface area (Å²) in [6.07, 6.45) is -23.3. The molecule has 8 aliphatic rings. The predicted octanol–water partition coefficient (Wildman–Crippen LogP) is 0.0579. The highest BCUT2D eigenvalue weighted by Gasteiger charge is 2.73. The van der Waals surface area contributed by atoms with Gasteiger partial charge in [-0.15, -0.1) is 0 Å². The molecular formula is C57H84O24. The summed E-state index contributed by atoms with van der Waals surface area (Å²) in [5.41, 5.74) is -3.72. The molecule has 1 aromatic rings. The SMILES string of the molecule is COc1ccc(C(=O)OC2C(OC(=O)C34CCC(C)(C)CC3C3=CCC5C6(C)CCC(OC7OC(C(=O)O)C(O)C(O)C7OC7OC(CO)C(O)C(O)C7O)C(C)(CO)C6CCC5(C)C3(C)CC4O)OC(CO)C(O)C2O)cc1OC. The van der Waals surface area contributed by atoms with E-state index in [9.17, 15) is 70.9 Å². The molecule has 0 radical (unpaired) electrons. The van der Waals surface area contributed by atoms with E-state index in [-0.39, 0.29) is 47.8 Å². The minimum Gasteiger partial charge on any atom is -0.493 e. The number of fused-ring (bicyclic) bond motifs is 7. The van der Waals surface area contributed by atoms with E-state index in [2.05, 4.69) is 40.7 Å². The number of esters is 2. The average Bonchev–Trinajstić information content (AvgIpc) is 2.63. The molecule has 3 heterocycles. The normalized spacial score (nSPS) is 47.5. The van der Waals surface area contributed by atoms with Crippen molar-refractivity contribution >= 4 is 17.9 Å². The first-order chi connectivity index (χ1) is 38.1. The van der Waals surface area contributed by atoms with Crippen LogP contribution in [-0.4, -0.2) is 218 Å². The summed E-state index contributed by atoms with van der Waals surface area (Å²) in [6.45, 7) is 10.7. The van der Waals surface area contributed by atoms with Crippen LogP contribution in [0.3, 0.4) is 0 Å². The smallest absolute Gasteiger partial charge is 0.338 e. The molecule has 4 saturated carbocycles. The zero-order chi connectivity index (χ0) is 59.3. The third-order valence-electron chi connectivity index (χ3n) is 21.3. The molecule has 3 saturated heterocycles. The molecule has 1 aromatic carbocycles. The highest BCUT2D eigenvalue weighted by atomic mass is 16.8. The molecule has 81 heavy (non-hydrogen) atoms. The van der Waals surface area contributed by atoms with Crippen molar-refractivity contribution in [2.24, 2.45) is 50.2 Å². The van der Waals surface area contributed by atoms with E-state index >= 15 is 4.79 Å². The van der Waals surface area contributed by atoms with Gasteiger partial charge in [-0.2, -0.15) is 0 Å². The van der Waals surface area contributed by atoms with Gasteiger partial charge in [0.25, 0.3) is 0 Å². The Labute approximate surface area is 469 Å². The first-order valence-electron chi connectivity index (χ1n) is 28.2. The maximum absolute atomic E-state index is 15.4. The number of hydrogen-bond acceptors (Lipinski definition) is 23. The van der Waals surface area contributed by atoms with Crippen LogP contribution in [0, 0.1) is 50.2 Å². The lowest BCUT2D eigenvalue weighted by Crippen LogP contribution is -2.69. The summed E-state index contributed by atoms with van der Waals surface area (Å²) >= 11 is 0. The third-order valence-corrected chi connectivity index (χ3v) is 21.3. The number of ether oxygens (including phenoxy) is 9. The summed E-state index contributed by atoms with van der Waals surface area (Å²) in [4.78, 5) is 41.5. The molecule has 24 heteroatoms. The van der Waals surface area contributed by atoms with E-state index in [1.165, 1.54) is 32.4 Å². The van der Waals surface area contributed by atoms with Crippen LogP contribution in [0.15, 0.2) is 29.8 Å². The zero-order valence-electron chi connectivity index (χ0n) is 47.1. The van der Waals surface area contributed by atoms with Crippen molar-refractivity contribution in [2.75, 3.05) is 34.0 Å². The number of carboxylic acids is 1. The monoisotopic (exact) mass is 1150 g/mol. The number of rotatable bonds is 14. The van der Waals surface area contributed by atoms with E-state index < -0.39 is 175 Å². The van der Waals surface area contributed by atoms with Crippen LogP contribution >= 0.6 is 0 Å². The second-order valence-electron chi connectivity index (χ2n) is 25.9. The number of aliphatic hydroxyl groups is 11. The van der Waals surface area contributed by atoms with Gasteiger partial charge in [-0.1, -0.05) is 53.2 Å².